The molecule has 1 unspecified atom stereocenters. The van der Waals surface area contributed by atoms with Crippen molar-refractivity contribution in [3.05, 3.63) is 48.0 Å². The van der Waals surface area contributed by atoms with E-state index in [0.717, 1.165) is 23.6 Å². The summed E-state index contributed by atoms with van der Waals surface area (Å²) in [5.41, 5.74) is 2.28. The average Bonchev–Trinajstić information content (AvgIpc) is 2.82. The molecule has 0 aliphatic heterocycles. The molecule has 2 rings (SSSR count). The van der Waals surface area contributed by atoms with Gasteiger partial charge in [-0.05, 0) is 26.5 Å². The molecule has 0 aliphatic rings. The van der Waals surface area contributed by atoms with Crippen molar-refractivity contribution < 1.29 is 4.74 Å². The number of imidazole rings is 1. The van der Waals surface area contributed by atoms with E-state index in [4.69, 9.17) is 4.74 Å². The first-order valence-corrected chi connectivity index (χ1v) is 7.08. The van der Waals surface area contributed by atoms with Gasteiger partial charge in [0.15, 0.2) is 0 Å². The molecule has 0 aliphatic carbocycles. The maximum atomic E-state index is 5.94. The fourth-order valence-electron chi connectivity index (χ4n) is 2.30. The Hall–Kier alpha value is -1.81. The minimum atomic E-state index is 0.0856. The van der Waals surface area contributed by atoms with E-state index in [2.05, 4.69) is 23.3 Å². The van der Waals surface area contributed by atoms with Crippen LogP contribution in [0, 0.1) is 0 Å². The van der Waals surface area contributed by atoms with Gasteiger partial charge in [-0.25, -0.2) is 4.98 Å². The molecule has 0 fully saturated rings. The lowest BCUT2D eigenvalue weighted by Crippen LogP contribution is -2.25. The highest BCUT2D eigenvalue weighted by Crippen LogP contribution is 2.30. The first-order valence-electron chi connectivity index (χ1n) is 7.08. The van der Waals surface area contributed by atoms with Gasteiger partial charge in [0, 0.05) is 12.6 Å². The molecule has 4 heteroatoms. The fourth-order valence-corrected chi connectivity index (χ4v) is 2.30. The minimum Gasteiger partial charge on any atom is -0.491 e. The van der Waals surface area contributed by atoms with Gasteiger partial charge in [0.2, 0.25) is 0 Å². The quantitative estimate of drug-likeness (QED) is 0.879. The monoisotopic (exact) mass is 273 g/mol. The average molecular weight is 273 g/mol. The van der Waals surface area contributed by atoms with Crippen molar-refractivity contribution in [1.82, 2.24) is 14.9 Å². The second-order valence-corrected chi connectivity index (χ2v) is 5.12. The maximum Gasteiger partial charge on any atom is 0.124 e. The Morgan fingerprint density at radius 2 is 2.05 bits per heavy atom. The van der Waals surface area contributed by atoms with Crippen molar-refractivity contribution in [2.45, 2.75) is 32.9 Å². The third-order valence-electron chi connectivity index (χ3n) is 3.15. The molecule has 1 N–H and O–H groups in total. The molecule has 0 spiro atoms. The van der Waals surface area contributed by atoms with E-state index in [1.165, 1.54) is 0 Å². The molecular weight excluding hydrogens is 250 g/mol. The highest BCUT2D eigenvalue weighted by molar-refractivity contribution is 5.40. The SMILES string of the molecule is CCNC(c1ccccc1OC(C)C)c1cncn1C. The number of hydrogen-bond acceptors (Lipinski definition) is 3. The lowest BCUT2D eigenvalue weighted by Gasteiger charge is -2.22. The first kappa shape index (κ1) is 14.6. The van der Waals surface area contributed by atoms with E-state index in [1.807, 2.05) is 56.2 Å². The summed E-state index contributed by atoms with van der Waals surface area (Å²) in [4.78, 5) is 4.22. The second-order valence-electron chi connectivity index (χ2n) is 5.12. The maximum absolute atomic E-state index is 5.94. The summed E-state index contributed by atoms with van der Waals surface area (Å²) in [7, 11) is 2.01. The molecule has 1 aromatic heterocycles. The van der Waals surface area contributed by atoms with Crippen molar-refractivity contribution in [3.8, 4) is 5.75 Å². The van der Waals surface area contributed by atoms with Crippen LogP contribution in [0.5, 0.6) is 5.75 Å². The van der Waals surface area contributed by atoms with E-state index in [0.29, 0.717) is 0 Å². The molecule has 0 amide bonds. The molecule has 0 saturated heterocycles. The van der Waals surface area contributed by atoms with Crippen LogP contribution in [0.2, 0.25) is 0 Å². The van der Waals surface area contributed by atoms with Crippen LogP contribution in [-0.2, 0) is 7.05 Å². The van der Waals surface area contributed by atoms with Gasteiger partial charge in [0.25, 0.3) is 0 Å². The van der Waals surface area contributed by atoms with Crippen LogP contribution in [0.15, 0.2) is 36.8 Å². The number of ether oxygens (including phenoxy) is 1. The van der Waals surface area contributed by atoms with Gasteiger partial charge < -0.3 is 14.6 Å². The number of nitrogens with zero attached hydrogens (tertiary/aromatic N) is 2. The van der Waals surface area contributed by atoms with E-state index < -0.39 is 0 Å². The van der Waals surface area contributed by atoms with E-state index in [1.54, 1.807) is 0 Å². The van der Waals surface area contributed by atoms with Crippen LogP contribution in [0.1, 0.15) is 38.1 Å². The number of hydrogen-bond donors (Lipinski definition) is 1. The number of nitrogens with one attached hydrogen (secondary N) is 1. The first-order chi connectivity index (χ1) is 9.63. The largest absolute Gasteiger partial charge is 0.491 e. The Kier molecular flexibility index (Phi) is 4.79. The highest BCUT2D eigenvalue weighted by atomic mass is 16.5. The van der Waals surface area contributed by atoms with Crippen LogP contribution < -0.4 is 10.1 Å². The van der Waals surface area contributed by atoms with Crippen LogP contribution in [0.25, 0.3) is 0 Å². The van der Waals surface area contributed by atoms with Crippen LogP contribution in [0.3, 0.4) is 0 Å². The number of aromatic nitrogens is 2. The summed E-state index contributed by atoms with van der Waals surface area (Å²) in [6.45, 7) is 7.08. The van der Waals surface area contributed by atoms with Gasteiger partial charge in [-0.2, -0.15) is 0 Å². The van der Waals surface area contributed by atoms with Crippen LogP contribution >= 0.6 is 0 Å². The van der Waals surface area contributed by atoms with Gasteiger partial charge in [-0.3, -0.25) is 0 Å². The third-order valence-corrected chi connectivity index (χ3v) is 3.15. The lowest BCUT2D eigenvalue weighted by molar-refractivity contribution is 0.238. The predicted octanol–water partition coefficient (Wildman–Crippen LogP) is 2.91. The molecule has 108 valence electrons. The standard InChI is InChI=1S/C16H23N3O/c1-5-18-16(14-10-17-11-19(14)4)13-8-6-7-9-15(13)20-12(2)3/h6-12,16,18H,5H2,1-4H3. The van der Waals surface area contributed by atoms with Gasteiger partial charge in [0.1, 0.15) is 5.75 Å². The highest BCUT2D eigenvalue weighted by Gasteiger charge is 2.20. The Bertz CT molecular complexity index is 548. The zero-order valence-corrected chi connectivity index (χ0v) is 12.6. The summed E-state index contributed by atoms with van der Waals surface area (Å²) < 4.78 is 7.98. The van der Waals surface area contributed by atoms with E-state index in [-0.39, 0.29) is 12.1 Å². The molecule has 4 nitrogen and oxygen atoms in total. The minimum absolute atomic E-state index is 0.0856. The number of rotatable bonds is 6. The van der Waals surface area contributed by atoms with Gasteiger partial charge in [-0.1, -0.05) is 25.1 Å². The smallest absolute Gasteiger partial charge is 0.124 e. The second kappa shape index (κ2) is 6.57. The number of para-hydroxylation sites is 1. The Morgan fingerprint density at radius 3 is 2.65 bits per heavy atom. The molecule has 2 aromatic rings. The molecule has 0 bridgehead atoms. The molecule has 20 heavy (non-hydrogen) atoms. The normalized spacial score (nSPS) is 12.7. The third kappa shape index (κ3) is 3.20. The number of aryl methyl sites for hydroxylation is 1. The van der Waals surface area contributed by atoms with E-state index in [9.17, 15) is 0 Å². The summed E-state index contributed by atoms with van der Waals surface area (Å²) in [6, 6.07) is 8.27. The van der Waals surface area contributed by atoms with Crippen LogP contribution in [0.4, 0.5) is 0 Å². The summed E-state index contributed by atoms with van der Waals surface area (Å²) >= 11 is 0. The van der Waals surface area contributed by atoms with Gasteiger partial charge in [0.05, 0.1) is 30.4 Å². The van der Waals surface area contributed by atoms with Crippen molar-refractivity contribution in [2.24, 2.45) is 7.05 Å². The molecule has 1 aromatic carbocycles. The Morgan fingerprint density at radius 1 is 1.30 bits per heavy atom. The lowest BCUT2D eigenvalue weighted by atomic mass is 10.0. The summed E-state index contributed by atoms with van der Waals surface area (Å²) in [5, 5.41) is 3.51. The van der Waals surface area contributed by atoms with Gasteiger partial charge >= 0.3 is 0 Å². The summed E-state index contributed by atoms with van der Waals surface area (Å²) in [5.74, 6) is 0.926. The van der Waals surface area contributed by atoms with Crippen LogP contribution in [-0.4, -0.2) is 22.2 Å². The van der Waals surface area contributed by atoms with Crippen molar-refractivity contribution >= 4 is 0 Å². The summed E-state index contributed by atoms with van der Waals surface area (Å²) in [6.07, 6.45) is 3.88. The zero-order valence-electron chi connectivity index (χ0n) is 12.6. The number of benzene rings is 1. The van der Waals surface area contributed by atoms with Crippen molar-refractivity contribution in [2.75, 3.05) is 6.54 Å². The Labute approximate surface area is 120 Å². The Balaban J connectivity index is 2.42. The molecular formula is C16H23N3O. The topological polar surface area (TPSA) is 39.1 Å². The zero-order chi connectivity index (χ0) is 14.5. The van der Waals surface area contributed by atoms with Crippen molar-refractivity contribution in [3.63, 3.8) is 0 Å². The molecule has 0 saturated carbocycles. The molecule has 1 atom stereocenters. The van der Waals surface area contributed by atoms with Gasteiger partial charge in [-0.15, -0.1) is 0 Å². The van der Waals surface area contributed by atoms with Crippen molar-refractivity contribution in [1.29, 1.82) is 0 Å². The molecule has 0 radical (unpaired) electrons. The predicted molar refractivity (Wildman–Crippen MR) is 80.9 cm³/mol. The molecule has 1 heterocycles. The van der Waals surface area contributed by atoms with E-state index >= 15 is 0 Å². The fraction of sp³-hybridized carbons (Fsp3) is 0.438.